The van der Waals surface area contributed by atoms with Gasteiger partial charge in [-0.1, -0.05) is 60.7 Å². The molecule has 5 atom stereocenters. The molecule has 6 rings (SSSR count). The lowest BCUT2D eigenvalue weighted by Crippen LogP contribution is -2.59. The number of aromatic nitrogens is 2. The maximum absolute atomic E-state index is 14.1. The van der Waals surface area contributed by atoms with E-state index in [1.54, 1.807) is 36.7 Å². The summed E-state index contributed by atoms with van der Waals surface area (Å²) < 4.78 is 0. The van der Waals surface area contributed by atoms with E-state index in [2.05, 4.69) is 43.9 Å². The Morgan fingerprint density at radius 3 is 1.46 bits per heavy atom. The van der Waals surface area contributed by atoms with Gasteiger partial charge in [-0.05, 0) is 65.1 Å². The van der Waals surface area contributed by atoms with E-state index in [9.17, 15) is 39.3 Å². The van der Waals surface area contributed by atoms with Crippen molar-refractivity contribution in [2.45, 2.75) is 55.9 Å². The van der Waals surface area contributed by atoms with Crippen molar-refractivity contribution in [2.75, 3.05) is 5.75 Å². The molecule has 0 saturated carbocycles. The molecule has 15 nitrogen and oxygen atoms in total. The third kappa shape index (κ3) is 10.8. The van der Waals surface area contributed by atoms with E-state index in [1.165, 1.54) is 24.3 Å². The highest BCUT2D eigenvalue weighted by atomic mass is 32.1. The molecule has 6 aromatic rings. The second kappa shape index (κ2) is 19.1. The summed E-state index contributed by atoms with van der Waals surface area (Å²) in [7, 11) is 0. The van der Waals surface area contributed by atoms with Crippen LogP contribution in [0.2, 0.25) is 0 Å². The maximum atomic E-state index is 14.1. The lowest BCUT2D eigenvalue weighted by atomic mass is 10.0. The topological polar surface area (TPSA) is 252 Å². The minimum atomic E-state index is -1.37. The molecule has 0 bridgehead atoms. The molecule has 306 valence electrons. The number of para-hydroxylation sites is 2. The van der Waals surface area contributed by atoms with E-state index in [0.717, 1.165) is 21.8 Å². The van der Waals surface area contributed by atoms with Gasteiger partial charge < -0.3 is 52.3 Å². The number of benzene rings is 4. The van der Waals surface area contributed by atoms with Gasteiger partial charge in [-0.2, -0.15) is 12.6 Å². The molecule has 2 aromatic heterocycles. The van der Waals surface area contributed by atoms with Crippen molar-refractivity contribution >= 4 is 64.0 Å². The average molecular weight is 820 g/mol. The molecule has 0 aliphatic carbocycles. The van der Waals surface area contributed by atoms with Crippen LogP contribution in [0, 0.1) is 0 Å². The van der Waals surface area contributed by atoms with Crippen LogP contribution >= 0.6 is 12.6 Å². The third-order valence-corrected chi connectivity index (χ3v) is 10.4. The number of nitrogens with two attached hydrogens (primary N) is 1. The molecule has 0 aliphatic rings. The molecule has 4 amide bonds. The predicted octanol–water partition coefficient (Wildman–Crippen LogP) is 2.61. The molecule has 0 spiro atoms. The number of nitrogens with one attached hydrogen (secondary N) is 6. The SMILES string of the molecule is N[C@@H](Cc1ccc(O)cc1)C(=O)N[C@@H](Cc1c[nH]c2ccccc12)C(=O)N[C@@H](CS)C(=O)N[C@@H](Cc1ccc(O)cc1)C(=O)N[C@@H](Cc1c[nH]c2ccccc12)C(=O)O. The van der Waals surface area contributed by atoms with Gasteiger partial charge in [0.1, 0.15) is 35.7 Å². The van der Waals surface area contributed by atoms with Crippen molar-refractivity contribution < 1.29 is 39.3 Å². The van der Waals surface area contributed by atoms with Gasteiger partial charge in [0.2, 0.25) is 23.6 Å². The zero-order chi connectivity index (χ0) is 42.1. The van der Waals surface area contributed by atoms with Gasteiger partial charge in [0.25, 0.3) is 0 Å². The molecule has 4 aromatic carbocycles. The summed E-state index contributed by atoms with van der Waals surface area (Å²) in [5.74, 6) is -4.40. The Hall–Kier alpha value is -6.78. The number of carboxylic acids is 1. The van der Waals surface area contributed by atoms with Crippen LogP contribution in [0.4, 0.5) is 0 Å². The van der Waals surface area contributed by atoms with E-state index in [1.807, 2.05) is 48.5 Å². The number of hydrogen-bond donors (Lipinski definition) is 11. The largest absolute Gasteiger partial charge is 0.508 e. The number of aliphatic carboxylic acids is 1. The molecule has 11 N–H and O–H groups in total. The molecule has 0 radical (unpaired) electrons. The first-order valence-electron chi connectivity index (χ1n) is 18.8. The maximum Gasteiger partial charge on any atom is 0.326 e. The Morgan fingerprint density at radius 1 is 0.542 bits per heavy atom. The number of carboxylic acid groups (broad SMARTS) is 1. The van der Waals surface area contributed by atoms with E-state index >= 15 is 0 Å². The van der Waals surface area contributed by atoms with Crippen molar-refractivity contribution in [1.82, 2.24) is 31.2 Å². The van der Waals surface area contributed by atoms with E-state index in [0.29, 0.717) is 22.3 Å². The highest BCUT2D eigenvalue weighted by molar-refractivity contribution is 7.80. The van der Waals surface area contributed by atoms with Crippen molar-refractivity contribution in [3.8, 4) is 11.5 Å². The van der Waals surface area contributed by atoms with Crippen LogP contribution < -0.4 is 27.0 Å². The predicted molar refractivity (Wildman–Crippen MR) is 225 cm³/mol. The van der Waals surface area contributed by atoms with Gasteiger partial charge in [-0.15, -0.1) is 0 Å². The van der Waals surface area contributed by atoms with Gasteiger partial charge in [0, 0.05) is 59.2 Å². The van der Waals surface area contributed by atoms with Gasteiger partial charge >= 0.3 is 5.97 Å². The van der Waals surface area contributed by atoms with Crippen molar-refractivity contribution in [3.05, 3.63) is 132 Å². The van der Waals surface area contributed by atoms with Crippen LogP contribution in [0.5, 0.6) is 11.5 Å². The monoisotopic (exact) mass is 819 g/mol. The Morgan fingerprint density at radius 2 is 0.949 bits per heavy atom. The number of hydrogen-bond acceptors (Lipinski definition) is 9. The lowest BCUT2D eigenvalue weighted by molar-refractivity contribution is -0.142. The first kappa shape index (κ1) is 41.8. The Balaban J connectivity index is 1.19. The fourth-order valence-electron chi connectivity index (χ4n) is 6.80. The Bertz CT molecular complexity index is 2430. The van der Waals surface area contributed by atoms with E-state index in [-0.39, 0.29) is 42.9 Å². The molecular formula is C43H45N7O8S. The molecule has 59 heavy (non-hydrogen) atoms. The standard InChI is InChI=1S/C43H45N7O8S/c44-32(17-24-9-13-28(51)14-10-24)39(53)47-36(19-26-21-45-33-7-3-1-5-30(26)33)41(55)50-38(23-59)42(56)48-35(18-25-11-15-29(52)16-12-25)40(54)49-37(43(57)58)20-27-22-46-34-8-4-2-6-31(27)34/h1-16,21-22,32,35-38,45-46,51-52,59H,17-20,23,44H2,(H,47,53)(H,48,56)(H,49,54)(H,50,55)(H,57,58)/t32-,35-,36-,37-,38-/m0/s1. The smallest absolute Gasteiger partial charge is 0.326 e. The number of fused-ring (bicyclic) bond motifs is 2. The van der Waals surface area contributed by atoms with Crippen molar-refractivity contribution in [1.29, 1.82) is 0 Å². The van der Waals surface area contributed by atoms with Gasteiger partial charge in [0.15, 0.2) is 0 Å². The van der Waals surface area contributed by atoms with Gasteiger partial charge in [-0.25, -0.2) is 4.79 Å². The van der Waals surface area contributed by atoms with Crippen molar-refractivity contribution in [3.63, 3.8) is 0 Å². The zero-order valence-electron chi connectivity index (χ0n) is 31.7. The van der Waals surface area contributed by atoms with Crippen LogP contribution in [0.25, 0.3) is 21.8 Å². The summed E-state index contributed by atoms with van der Waals surface area (Å²) in [5, 5.41) is 41.9. The van der Waals surface area contributed by atoms with E-state index < -0.39 is 59.8 Å². The van der Waals surface area contributed by atoms with Crippen LogP contribution in [0.15, 0.2) is 109 Å². The minimum absolute atomic E-state index is 0.0168. The number of carbonyl (C=O) groups is 5. The lowest BCUT2D eigenvalue weighted by Gasteiger charge is -2.26. The zero-order valence-corrected chi connectivity index (χ0v) is 32.6. The Kier molecular flexibility index (Phi) is 13.6. The fraction of sp³-hybridized carbons (Fsp3) is 0.233. The first-order valence-corrected chi connectivity index (χ1v) is 19.5. The number of phenols is 2. The normalized spacial score (nSPS) is 13.8. The highest BCUT2D eigenvalue weighted by Crippen LogP contribution is 2.21. The van der Waals surface area contributed by atoms with Crippen LogP contribution in [-0.4, -0.2) is 90.8 Å². The van der Waals surface area contributed by atoms with Crippen molar-refractivity contribution in [2.24, 2.45) is 5.73 Å². The van der Waals surface area contributed by atoms with E-state index in [4.69, 9.17) is 5.73 Å². The van der Waals surface area contributed by atoms with Crippen LogP contribution in [0.3, 0.4) is 0 Å². The van der Waals surface area contributed by atoms with Gasteiger partial charge in [0.05, 0.1) is 6.04 Å². The molecule has 0 unspecified atom stereocenters. The third-order valence-electron chi connectivity index (χ3n) is 10.00. The summed E-state index contributed by atoms with van der Waals surface area (Å²) in [6, 6.07) is 20.7. The number of thiol groups is 1. The Labute approximate surface area is 344 Å². The number of H-pyrrole nitrogens is 2. The number of phenolic OH excluding ortho intramolecular Hbond substituents is 2. The number of carbonyl (C=O) groups excluding carboxylic acids is 4. The first-order chi connectivity index (χ1) is 28.4. The second-order valence-electron chi connectivity index (χ2n) is 14.2. The van der Waals surface area contributed by atoms with Crippen LogP contribution in [0.1, 0.15) is 22.3 Å². The minimum Gasteiger partial charge on any atom is -0.508 e. The molecule has 0 aliphatic heterocycles. The molecular weight excluding hydrogens is 775 g/mol. The number of amides is 4. The molecule has 2 heterocycles. The van der Waals surface area contributed by atoms with Gasteiger partial charge in [-0.3, -0.25) is 19.2 Å². The van der Waals surface area contributed by atoms with Crippen LogP contribution in [-0.2, 0) is 49.7 Å². The molecule has 16 heteroatoms. The quantitative estimate of drug-likeness (QED) is 0.0570. The summed E-state index contributed by atoms with van der Waals surface area (Å²) in [6.07, 6.45) is 3.40. The average Bonchev–Trinajstić information content (AvgIpc) is 3.84. The number of rotatable bonds is 18. The summed E-state index contributed by atoms with van der Waals surface area (Å²) >= 11 is 4.33. The molecule has 0 saturated heterocycles. The summed E-state index contributed by atoms with van der Waals surface area (Å²) in [4.78, 5) is 74.0. The highest BCUT2D eigenvalue weighted by Gasteiger charge is 2.32. The number of aromatic amines is 2. The summed E-state index contributed by atoms with van der Waals surface area (Å²) in [5.41, 5.74) is 10.5. The second-order valence-corrected chi connectivity index (χ2v) is 14.6. The molecule has 0 fully saturated rings. The summed E-state index contributed by atoms with van der Waals surface area (Å²) in [6.45, 7) is 0. The number of aromatic hydroxyl groups is 2. The fourth-order valence-corrected chi connectivity index (χ4v) is 7.05.